The molecule has 0 radical (unpaired) electrons. The Morgan fingerprint density at radius 1 is 1.10 bits per heavy atom. The maximum absolute atomic E-state index is 12.7. The Morgan fingerprint density at radius 2 is 1.83 bits per heavy atom. The first-order valence-corrected chi connectivity index (χ1v) is 10.4. The summed E-state index contributed by atoms with van der Waals surface area (Å²) in [5, 5.41) is 16.0. The summed E-state index contributed by atoms with van der Waals surface area (Å²) in [6.07, 6.45) is 0. The van der Waals surface area contributed by atoms with Crippen LogP contribution in [0.1, 0.15) is 32.5 Å². The quantitative estimate of drug-likeness (QED) is 0.349. The summed E-state index contributed by atoms with van der Waals surface area (Å²) in [6, 6.07) is 15.9. The van der Waals surface area contributed by atoms with Crippen LogP contribution in [0.5, 0.6) is 0 Å². The number of aryl methyl sites for hydroxylation is 1. The molecular formula is C22H20N2O4S2. The molecule has 30 heavy (non-hydrogen) atoms. The molecule has 0 aliphatic carbocycles. The molecule has 3 aromatic rings. The van der Waals surface area contributed by atoms with E-state index in [0.29, 0.717) is 16.3 Å². The van der Waals surface area contributed by atoms with Crippen LogP contribution in [0.4, 0.5) is 10.7 Å². The second-order valence-corrected chi connectivity index (χ2v) is 7.92. The smallest absolute Gasteiger partial charge is 0.341 e. The Morgan fingerprint density at radius 3 is 2.50 bits per heavy atom. The molecule has 0 spiro atoms. The number of nitrogens with one attached hydrogen (secondary N) is 2. The average molecular weight is 441 g/mol. The molecule has 8 heteroatoms. The number of carbonyl (C=O) groups excluding carboxylic acids is 1. The molecule has 1 heterocycles. The third kappa shape index (κ3) is 4.84. The monoisotopic (exact) mass is 440 g/mol. The third-order valence-electron chi connectivity index (χ3n) is 4.22. The Balaban J connectivity index is 1.92. The second-order valence-electron chi connectivity index (χ2n) is 6.29. The van der Waals surface area contributed by atoms with Crippen molar-refractivity contribution in [3.8, 4) is 11.1 Å². The standard InChI is InChI=1S/C22H20N2O4S2/c1-3-28-21(27)18-17(14-8-5-4-6-9-14)13(2)30-19(18)24-22(29)23-16-11-7-10-15(12-16)20(25)26/h4-12H,3H2,1-2H3,(H,25,26)(H2,23,24,29). The normalized spacial score (nSPS) is 10.3. The van der Waals surface area contributed by atoms with Gasteiger partial charge in [0.25, 0.3) is 0 Å². The van der Waals surface area contributed by atoms with E-state index < -0.39 is 11.9 Å². The van der Waals surface area contributed by atoms with Crippen molar-refractivity contribution < 1.29 is 19.4 Å². The van der Waals surface area contributed by atoms with Crippen molar-refractivity contribution >= 4 is 51.3 Å². The van der Waals surface area contributed by atoms with E-state index in [1.165, 1.54) is 23.5 Å². The number of hydrogen-bond donors (Lipinski definition) is 3. The number of aromatic carboxylic acids is 1. The Labute approximate surface area is 183 Å². The Hall–Kier alpha value is -3.23. The highest BCUT2D eigenvalue weighted by molar-refractivity contribution is 7.80. The zero-order valence-electron chi connectivity index (χ0n) is 16.4. The van der Waals surface area contributed by atoms with E-state index in [9.17, 15) is 9.59 Å². The first kappa shape index (κ1) is 21.5. The number of benzene rings is 2. The minimum atomic E-state index is -1.02. The highest BCUT2D eigenvalue weighted by Crippen LogP contribution is 2.40. The molecule has 0 unspecified atom stereocenters. The number of thiocarbonyl (C=S) groups is 1. The predicted molar refractivity (Wildman–Crippen MR) is 124 cm³/mol. The number of esters is 1. The molecule has 0 aliphatic heterocycles. The molecule has 1 aromatic heterocycles. The maximum Gasteiger partial charge on any atom is 0.341 e. The lowest BCUT2D eigenvalue weighted by Crippen LogP contribution is -2.20. The van der Waals surface area contributed by atoms with Crippen molar-refractivity contribution in [1.29, 1.82) is 0 Å². The van der Waals surface area contributed by atoms with Crippen molar-refractivity contribution in [2.24, 2.45) is 0 Å². The molecule has 0 bridgehead atoms. The van der Waals surface area contributed by atoms with Crippen molar-refractivity contribution in [3.05, 3.63) is 70.6 Å². The molecule has 154 valence electrons. The summed E-state index contributed by atoms with van der Waals surface area (Å²) in [7, 11) is 0. The molecule has 0 aliphatic rings. The van der Waals surface area contributed by atoms with Crippen LogP contribution < -0.4 is 10.6 Å². The molecule has 2 aromatic carbocycles. The fourth-order valence-electron chi connectivity index (χ4n) is 2.98. The Bertz CT molecular complexity index is 1090. The van der Waals surface area contributed by atoms with E-state index in [4.69, 9.17) is 22.1 Å². The number of anilines is 2. The number of rotatable bonds is 6. The van der Waals surface area contributed by atoms with Gasteiger partial charge in [0.05, 0.1) is 12.2 Å². The van der Waals surface area contributed by atoms with Crippen molar-refractivity contribution in [3.63, 3.8) is 0 Å². The first-order chi connectivity index (χ1) is 14.4. The molecule has 3 N–H and O–H groups in total. The van der Waals surface area contributed by atoms with Crippen LogP contribution >= 0.6 is 23.6 Å². The molecular weight excluding hydrogens is 420 g/mol. The van der Waals surface area contributed by atoms with Crippen molar-refractivity contribution in [2.75, 3.05) is 17.2 Å². The zero-order valence-corrected chi connectivity index (χ0v) is 18.0. The first-order valence-electron chi connectivity index (χ1n) is 9.18. The van der Waals surface area contributed by atoms with Gasteiger partial charge < -0.3 is 20.5 Å². The van der Waals surface area contributed by atoms with Crippen LogP contribution in [0.25, 0.3) is 11.1 Å². The van der Waals surface area contributed by atoms with E-state index in [2.05, 4.69) is 10.6 Å². The van der Waals surface area contributed by atoms with E-state index in [1.807, 2.05) is 37.3 Å². The highest BCUT2D eigenvalue weighted by Gasteiger charge is 2.25. The Kier molecular flexibility index (Phi) is 6.81. The van der Waals surface area contributed by atoms with Gasteiger partial charge in [-0.3, -0.25) is 0 Å². The van der Waals surface area contributed by atoms with E-state index in [0.717, 1.165) is 16.0 Å². The lowest BCUT2D eigenvalue weighted by Gasteiger charge is -2.12. The van der Waals surface area contributed by atoms with E-state index in [1.54, 1.807) is 19.1 Å². The van der Waals surface area contributed by atoms with Crippen LogP contribution in [0, 0.1) is 6.92 Å². The summed E-state index contributed by atoms with van der Waals surface area (Å²) >= 11 is 6.80. The van der Waals surface area contributed by atoms with Gasteiger partial charge in [0, 0.05) is 16.1 Å². The topological polar surface area (TPSA) is 87.7 Å². The fourth-order valence-corrected chi connectivity index (χ4v) is 4.33. The molecule has 0 saturated carbocycles. The van der Waals surface area contributed by atoms with Crippen LogP contribution in [-0.4, -0.2) is 28.8 Å². The fraction of sp³-hybridized carbons (Fsp3) is 0.136. The zero-order chi connectivity index (χ0) is 21.7. The highest BCUT2D eigenvalue weighted by atomic mass is 32.1. The average Bonchev–Trinajstić information content (AvgIpc) is 3.04. The molecule has 0 saturated heterocycles. The van der Waals surface area contributed by atoms with Gasteiger partial charge in [0.15, 0.2) is 5.11 Å². The summed E-state index contributed by atoms with van der Waals surface area (Å²) in [4.78, 5) is 24.9. The lowest BCUT2D eigenvalue weighted by atomic mass is 10.0. The minimum Gasteiger partial charge on any atom is -0.478 e. The van der Waals surface area contributed by atoms with Crippen molar-refractivity contribution in [2.45, 2.75) is 13.8 Å². The third-order valence-corrected chi connectivity index (χ3v) is 5.45. The summed E-state index contributed by atoms with van der Waals surface area (Å²) < 4.78 is 5.28. The predicted octanol–water partition coefficient (Wildman–Crippen LogP) is 5.41. The largest absolute Gasteiger partial charge is 0.478 e. The van der Waals surface area contributed by atoms with Gasteiger partial charge in [-0.1, -0.05) is 36.4 Å². The molecule has 0 atom stereocenters. The number of ether oxygens (including phenoxy) is 1. The van der Waals surface area contributed by atoms with Crippen LogP contribution in [0.15, 0.2) is 54.6 Å². The number of carboxylic acid groups (broad SMARTS) is 1. The van der Waals surface area contributed by atoms with Gasteiger partial charge in [-0.25, -0.2) is 9.59 Å². The molecule has 3 rings (SSSR count). The van der Waals surface area contributed by atoms with Gasteiger partial charge in [-0.05, 0) is 49.8 Å². The van der Waals surface area contributed by atoms with Gasteiger partial charge in [0.2, 0.25) is 0 Å². The number of hydrogen-bond acceptors (Lipinski definition) is 5. The van der Waals surface area contributed by atoms with Gasteiger partial charge in [-0.2, -0.15) is 0 Å². The van der Waals surface area contributed by atoms with Crippen LogP contribution in [-0.2, 0) is 4.74 Å². The van der Waals surface area contributed by atoms with Gasteiger partial charge in [0.1, 0.15) is 10.6 Å². The van der Waals surface area contributed by atoms with E-state index >= 15 is 0 Å². The maximum atomic E-state index is 12.7. The van der Waals surface area contributed by atoms with Gasteiger partial charge in [-0.15, -0.1) is 11.3 Å². The molecule has 0 fully saturated rings. The lowest BCUT2D eigenvalue weighted by molar-refractivity contribution is 0.0528. The SMILES string of the molecule is CCOC(=O)c1c(NC(=S)Nc2cccc(C(=O)O)c2)sc(C)c1-c1ccccc1. The number of carbonyl (C=O) groups is 2. The van der Waals surface area contributed by atoms with Crippen LogP contribution in [0.3, 0.4) is 0 Å². The number of thiophene rings is 1. The van der Waals surface area contributed by atoms with Crippen molar-refractivity contribution in [1.82, 2.24) is 0 Å². The molecule has 6 nitrogen and oxygen atoms in total. The number of carboxylic acids is 1. The second kappa shape index (κ2) is 9.51. The van der Waals surface area contributed by atoms with E-state index in [-0.39, 0.29) is 17.3 Å². The summed E-state index contributed by atoms with van der Waals surface area (Å²) in [6.45, 7) is 3.95. The van der Waals surface area contributed by atoms with Gasteiger partial charge >= 0.3 is 11.9 Å². The summed E-state index contributed by atoms with van der Waals surface area (Å²) in [5.74, 6) is -1.46. The van der Waals surface area contributed by atoms with Crippen LogP contribution in [0.2, 0.25) is 0 Å². The molecule has 0 amide bonds. The summed E-state index contributed by atoms with van der Waals surface area (Å²) in [5.41, 5.74) is 2.82. The minimum absolute atomic E-state index is 0.147.